The molecule has 1 aromatic rings. The fourth-order valence-electron chi connectivity index (χ4n) is 2.88. The third kappa shape index (κ3) is 5.33. The third-order valence-electron chi connectivity index (χ3n) is 4.12. The Kier molecular flexibility index (Phi) is 6.55. The number of nitrogens with zero attached hydrogens (tertiary/aromatic N) is 1. The monoisotopic (exact) mass is 320 g/mol. The Morgan fingerprint density at radius 2 is 2.09 bits per heavy atom. The molecule has 1 atom stereocenters. The van der Waals surface area contributed by atoms with Crippen molar-refractivity contribution in [3.05, 3.63) is 35.4 Å². The number of likely N-dealkylation sites (tertiary alicyclic amines) is 1. The average Bonchev–Trinajstić information content (AvgIpc) is 2.54. The Bertz CT molecular complexity index is 547. The number of piperidine rings is 1. The van der Waals surface area contributed by atoms with E-state index in [9.17, 15) is 9.59 Å². The van der Waals surface area contributed by atoms with Crippen molar-refractivity contribution >= 4 is 11.9 Å². The highest BCUT2D eigenvalue weighted by Crippen LogP contribution is 2.16. The Morgan fingerprint density at radius 3 is 2.78 bits per heavy atom. The highest BCUT2D eigenvalue weighted by atomic mass is 16.5. The number of benzene rings is 1. The van der Waals surface area contributed by atoms with Gasteiger partial charge in [-0.05, 0) is 30.5 Å². The maximum Gasteiger partial charge on any atom is 0.307 e. The molecule has 0 bridgehead atoms. The van der Waals surface area contributed by atoms with E-state index in [0.29, 0.717) is 26.1 Å². The molecule has 1 amide bonds. The number of hydrogen-bond acceptors (Lipinski definition) is 4. The van der Waals surface area contributed by atoms with Crippen molar-refractivity contribution in [1.82, 2.24) is 10.2 Å². The van der Waals surface area contributed by atoms with Crippen LogP contribution in [-0.4, -0.2) is 48.6 Å². The fourth-order valence-corrected chi connectivity index (χ4v) is 2.88. The lowest BCUT2D eigenvalue weighted by molar-refractivity contribution is -0.144. The van der Waals surface area contributed by atoms with Gasteiger partial charge < -0.3 is 15.2 Å². The van der Waals surface area contributed by atoms with Gasteiger partial charge in [-0.3, -0.25) is 14.5 Å². The van der Waals surface area contributed by atoms with Crippen LogP contribution in [0.1, 0.15) is 24.0 Å². The third-order valence-corrected chi connectivity index (χ3v) is 4.12. The molecule has 0 aromatic heterocycles. The molecule has 1 aromatic carbocycles. The molecule has 0 spiro atoms. The Morgan fingerprint density at radius 1 is 1.35 bits per heavy atom. The molecule has 126 valence electrons. The number of methoxy groups -OCH3 is 1. The molecule has 6 nitrogen and oxygen atoms in total. The quantitative estimate of drug-likeness (QED) is 0.790. The second kappa shape index (κ2) is 8.64. The van der Waals surface area contributed by atoms with Crippen LogP contribution < -0.4 is 5.32 Å². The zero-order chi connectivity index (χ0) is 16.7. The minimum Gasteiger partial charge on any atom is -0.481 e. The smallest absolute Gasteiger partial charge is 0.307 e. The lowest BCUT2D eigenvalue weighted by Gasteiger charge is -2.29. The molecule has 1 saturated heterocycles. The number of rotatable bonds is 7. The summed E-state index contributed by atoms with van der Waals surface area (Å²) >= 11 is 0. The summed E-state index contributed by atoms with van der Waals surface area (Å²) in [5.74, 6) is -1.22. The highest BCUT2D eigenvalue weighted by molar-refractivity contribution is 5.78. The van der Waals surface area contributed by atoms with E-state index in [0.717, 1.165) is 24.1 Å². The number of hydrogen-bond donors (Lipinski definition) is 2. The number of ether oxygens (including phenoxy) is 1. The summed E-state index contributed by atoms with van der Waals surface area (Å²) in [4.78, 5) is 25.1. The second-order valence-corrected chi connectivity index (χ2v) is 5.89. The molecule has 0 radical (unpaired) electrons. The predicted molar refractivity (Wildman–Crippen MR) is 85.8 cm³/mol. The molecule has 1 fully saturated rings. The molecule has 23 heavy (non-hydrogen) atoms. The van der Waals surface area contributed by atoms with Crippen LogP contribution in [0.5, 0.6) is 0 Å². The van der Waals surface area contributed by atoms with E-state index < -0.39 is 5.97 Å². The predicted octanol–water partition coefficient (Wildman–Crippen LogP) is 1.25. The number of nitrogens with one attached hydrogen (secondary N) is 1. The van der Waals surface area contributed by atoms with Crippen molar-refractivity contribution < 1.29 is 19.4 Å². The SMILES string of the molecule is COCc1ccccc1CNC(=O)CN1CCCC(C(=O)O)C1. The lowest BCUT2D eigenvalue weighted by Crippen LogP contribution is -2.44. The number of aliphatic carboxylic acids is 1. The molecule has 1 aliphatic heterocycles. The van der Waals surface area contributed by atoms with Crippen LogP contribution in [0.2, 0.25) is 0 Å². The van der Waals surface area contributed by atoms with Crippen molar-refractivity contribution in [3.8, 4) is 0 Å². The summed E-state index contributed by atoms with van der Waals surface area (Å²) in [7, 11) is 1.64. The van der Waals surface area contributed by atoms with Crippen LogP contribution in [0.4, 0.5) is 0 Å². The average molecular weight is 320 g/mol. The number of carboxylic acids is 1. The van der Waals surface area contributed by atoms with Crippen LogP contribution >= 0.6 is 0 Å². The van der Waals surface area contributed by atoms with Crippen LogP contribution in [0.15, 0.2) is 24.3 Å². The number of carbonyl (C=O) groups is 2. The molecule has 2 rings (SSSR count). The van der Waals surface area contributed by atoms with Crippen LogP contribution in [0.3, 0.4) is 0 Å². The maximum absolute atomic E-state index is 12.1. The van der Waals surface area contributed by atoms with Gasteiger partial charge in [-0.2, -0.15) is 0 Å². The molecular weight excluding hydrogens is 296 g/mol. The van der Waals surface area contributed by atoms with Gasteiger partial charge in [-0.15, -0.1) is 0 Å². The molecule has 1 unspecified atom stereocenters. The summed E-state index contributed by atoms with van der Waals surface area (Å²) in [6.07, 6.45) is 1.51. The molecule has 1 aliphatic rings. The van der Waals surface area contributed by atoms with Crippen molar-refractivity contribution in [2.24, 2.45) is 5.92 Å². The van der Waals surface area contributed by atoms with Gasteiger partial charge in [0.1, 0.15) is 0 Å². The summed E-state index contributed by atoms with van der Waals surface area (Å²) < 4.78 is 5.15. The van der Waals surface area contributed by atoms with Gasteiger partial charge in [0, 0.05) is 20.2 Å². The Balaban J connectivity index is 1.82. The zero-order valence-corrected chi connectivity index (χ0v) is 13.5. The van der Waals surface area contributed by atoms with Crippen molar-refractivity contribution in [2.75, 3.05) is 26.7 Å². The summed E-state index contributed by atoms with van der Waals surface area (Å²) in [6, 6.07) is 7.82. The van der Waals surface area contributed by atoms with Crippen molar-refractivity contribution in [3.63, 3.8) is 0 Å². The highest BCUT2D eigenvalue weighted by Gasteiger charge is 2.26. The minimum atomic E-state index is -0.774. The van der Waals surface area contributed by atoms with Gasteiger partial charge >= 0.3 is 5.97 Å². The van der Waals surface area contributed by atoms with Gasteiger partial charge in [-0.1, -0.05) is 24.3 Å². The van der Waals surface area contributed by atoms with E-state index >= 15 is 0 Å². The van der Waals surface area contributed by atoms with E-state index in [1.54, 1.807) is 7.11 Å². The topological polar surface area (TPSA) is 78.9 Å². The fraction of sp³-hybridized carbons (Fsp3) is 0.529. The van der Waals surface area contributed by atoms with Crippen molar-refractivity contribution in [2.45, 2.75) is 26.0 Å². The van der Waals surface area contributed by atoms with Gasteiger partial charge in [0.05, 0.1) is 19.1 Å². The van der Waals surface area contributed by atoms with E-state index in [4.69, 9.17) is 9.84 Å². The minimum absolute atomic E-state index is 0.0803. The molecule has 1 heterocycles. The molecule has 2 N–H and O–H groups in total. The Labute approximate surface area is 136 Å². The summed E-state index contributed by atoms with van der Waals surface area (Å²) in [6.45, 7) is 2.43. The number of carboxylic acid groups (broad SMARTS) is 1. The van der Waals surface area contributed by atoms with Crippen molar-refractivity contribution in [1.29, 1.82) is 0 Å². The van der Waals surface area contributed by atoms with Gasteiger partial charge in [0.15, 0.2) is 0 Å². The van der Waals surface area contributed by atoms with Crippen LogP contribution in [0, 0.1) is 5.92 Å². The van der Waals surface area contributed by atoms with E-state index in [2.05, 4.69) is 5.32 Å². The zero-order valence-electron chi connectivity index (χ0n) is 13.5. The number of carbonyl (C=O) groups excluding carboxylic acids is 1. The normalized spacial score (nSPS) is 18.6. The lowest BCUT2D eigenvalue weighted by atomic mass is 9.98. The van der Waals surface area contributed by atoms with Gasteiger partial charge in [0.2, 0.25) is 5.91 Å². The maximum atomic E-state index is 12.1. The summed E-state index contributed by atoms with van der Waals surface area (Å²) in [5.41, 5.74) is 2.09. The van der Waals surface area contributed by atoms with E-state index in [1.807, 2.05) is 29.2 Å². The second-order valence-electron chi connectivity index (χ2n) is 5.89. The van der Waals surface area contributed by atoms with Crippen LogP contribution in [0.25, 0.3) is 0 Å². The van der Waals surface area contributed by atoms with Gasteiger partial charge in [-0.25, -0.2) is 0 Å². The molecule has 0 saturated carbocycles. The first-order valence-corrected chi connectivity index (χ1v) is 7.87. The molecule has 6 heteroatoms. The molecular formula is C17H24N2O4. The Hall–Kier alpha value is -1.92. The first-order valence-electron chi connectivity index (χ1n) is 7.87. The summed E-state index contributed by atoms with van der Waals surface area (Å²) in [5, 5.41) is 12.0. The first-order chi connectivity index (χ1) is 11.1. The van der Waals surface area contributed by atoms with E-state index in [1.165, 1.54) is 0 Å². The number of amides is 1. The first kappa shape index (κ1) is 17.4. The van der Waals surface area contributed by atoms with E-state index in [-0.39, 0.29) is 18.4 Å². The largest absolute Gasteiger partial charge is 0.481 e. The van der Waals surface area contributed by atoms with Crippen LogP contribution in [-0.2, 0) is 27.5 Å². The van der Waals surface area contributed by atoms with Gasteiger partial charge in [0.25, 0.3) is 0 Å². The standard InChI is InChI=1S/C17H24N2O4/c1-23-12-15-6-3-2-5-13(15)9-18-16(20)11-19-8-4-7-14(10-19)17(21)22/h2-3,5-6,14H,4,7-12H2,1H3,(H,18,20)(H,21,22). The molecule has 0 aliphatic carbocycles.